The first-order valence-corrected chi connectivity index (χ1v) is 6.55. The summed E-state index contributed by atoms with van der Waals surface area (Å²) >= 11 is 3.20. The molecule has 6 heteroatoms. The number of halogens is 3. The fraction of sp³-hybridized carbons (Fsp3) is 0.143. The second-order valence-corrected chi connectivity index (χ2v) is 4.96. The molecule has 2 aromatic carbocycles. The number of hydrogen-bond donors (Lipinski definition) is 2. The van der Waals surface area contributed by atoms with Gasteiger partial charge in [0, 0.05) is 6.54 Å². The van der Waals surface area contributed by atoms with E-state index in [1.54, 1.807) is 12.1 Å². The summed E-state index contributed by atoms with van der Waals surface area (Å²) < 4.78 is 32.0. The summed E-state index contributed by atoms with van der Waals surface area (Å²) in [4.78, 5) is 0. The number of rotatable bonds is 4. The van der Waals surface area contributed by atoms with Crippen molar-refractivity contribution < 1.29 is 18.6 Å². The van der Waals surface area contributed by atoms with Crippen LogP contribution in [0.1, 0.15) is 5.56 Å². The van der Waals surface area contributed by atoms with Gasteiger partial charge in [0.2, 0.25) is 0 Å². The topological polar surface area (TPSA) is 41.5 Å². The third kappa shape index (κ3) is 3.19. The number of benzene rings is 2. The van der Waals surface area contributed by atoms with Crippen molar-refractivity contribution >= 4 is 21.6 Å². The Balaban J connectivity index is 2.19. The lowest BCUT2D eigenvalue weighted by Gasteiger charge is -2.11. The van der Waals surface area contributed by atoms with Crippen LogP contribution in [0.15, 0.2) is 34.8 Å². The van der Waals surface area contributed by atoms with E-state index in [1.807, 2.05) is 0 Å². The van der Waals surface area contributed by atoms with Crippen LogP contribution >= 0.6 is 15.9 Å². The average Bonchev–Trinajstić information content (AvgIpc) is 2.43. The van der Waals surface area contributed by atoms with E-state index in [4.69, 9.17) is 4.74 Å². The highest BCUT2D eigenvalue weighted by atomic mass is 79.9. The second-order valence-electron chi connectivity index (χ2n) is 4.11. The number of anilines is 1. The Morgan fingerprint density at radius 1 is 1.25 bits per heavy atom. The van der Waals surface area contributed by atoms with Crippen molar-refractivity contribution in [2.75, 3.05) is 12.4 Å². The Morgan fingerprint density at radius 3 is 2.70 bits per heavy atom. The molecule has 0 radical (unpaired) electrons. The molecule has 2 aromatic rings. The molecule has 0 amide bonds. The molecule has 0 heterocycles. The Morgan fingerprint density at radius 2 is 2.00 bits per heavy atom. The first kappa shape index (κ1) is 14.6. The van der Waals surface area contributed by atoms with Crippen molar-refractivity contribution in [3.63, 3.8) is 0 Å². The second kappa shape index (κ2) is 6.09. The van der Waals surface area contributed by atoms with Gasteiger partial charge in [-0.25, -0.2) is 8.78 Å². The number of phenolic OH excluding ortho intramolecular Hbond substituents is 1. The molecule has 20 heavy (non-hydrogen) atoms. The van der Waals surface area contributed by atoms with Gasteiger partial charge >= 0.3 is 0 Å². The van der Waals surface area contributed by atoms with Crippen LogP contribution in [0.5, 0.6) is 11.5 Å². The molecule has 0 atom stereocenters. The van der Waals surface area contributed by atoms with Gasteiger partial charge in [-0.3, -0.25) is 0 Å². The summed E-state index contributed by atoms with van der Waals surface area (Å²) in [6.45, 7) is 0.260. The standard InChI is InChI=1S/C14H12BrF2NO2/c1-20-13-5-8(4-10(15)14(13)19)7-18-12-6-9(16)2-3-11(12)17/h2-6,18-19H,7H2,1H3. The van der Waals surface area contributed by atoms with E-state index >= 15 is 0 Å². The summed E-state index contributed by atoms with van der Waals surface area (Å²) in [6.07, 6.45) is 0. The summed E-state index contributed by atoms with van der Waals surface area (Å²) in [5.74, 6) is -0.751. The van der Waals surface area contributed by atoms with Crippen molar-refractivity contribution in [3.05, 3.63) is 52.0 Å². The summed E-state index contributed by atoms with van der Waals surface area (Å²) in [7, 11) is 1.44. The minimum absolute atomic E-state index is 0.00631. The van der Waals surface area contributed by atoms with Crippen LogP contribution in [0.2, 0.25) is 0 Å². The molecule has 0 unspecified atom stereocenters. The summed E-state index contributed by atoms with van der Waals surface area (Å²) in [5.41, 5.74) is 0.823. The van der Waals surface area contributed by atoms with E-state index in [1.165, 1.54) is 7.11 Å². The molecule has 0 bridgehead atoms. The first-order valence-electron chi connectivity index (χ1n) is 5.75. The van der Waals surface area contributed by atoms with E-state index in [2.05, 4.69) is 21.2 Å². The van der Waals surface area contributed by atoms with Crippen molar-refractivity contribution in [1.29, 1.82) is 0 Å². The Bertz CT molecular complexity index is 635. The van der Waals surface area contributed by atoms with Crippen LogP contribution in [0.25, 0.3) is 0 Å². The predicted octanol–water partition coefficient (Wildman–Crippen LogP) is 4.05. The van der Waals surface area contributed by atoms with E-state index in [0.29, 0.717) is 10.2 Å². The smallest absolute Gasteiger partial charge is 0.172 e. The Labute approximate surface area is 123 Å². The molecule has 0 saturated heterocycles. The number of ether oxygens (including phenoxy) is 1. The van der Waals surface area contributed by atoms with E-state index < -0.39 is 11.6 Å². The SMILES string of the molecule is COc1cc(CNc2cc(F)ccc2F)cc(Br)c1O. The van der Waals surface area contributed by atoms with Gasteiger partial charge in [-0.05, 0) is 51.8 Å². The van der Waals surface area contributed by atoms with Crippen LogP contribution in [0, 0.1) is 11.6 Å². The zero-order valence-corrected chi connectivity index (χ0v) is 12.2. The molecule has 0 aliphatic heterocycles. The number of aromatic hydroxyl groups is 1. The van der Waals surface area contributed by atoms with Gasteiger partial charge in [0.15, 0.2) is 11.5 Å². The van der Waals surface area contributed by atoms with E-state index in [-0.39, 0.29) is 18.0 Å². The zero-order chi connectivity index (χ0) is 14.7. The number of methoxy groups -OCH3 is 1. The van der Waals surface area contributed by atoms with Gasteiger partial charge in [0.1, 0.15) is 11.6 Å². The zero-order valence-electron chi connectivity index (χ0n) is 10.6. The van der Waals surface area contributed by atoms with E-state index in [9.17, 15) is 13.9 Å². The lowest BCUT2D eigenvalue weighted by atomic mass is 10.2. The van der Waals surface area contributed by atoms with Gasteiger partial charge in [0.05, 0.1) is 17.3 Å². The maximum Gasteiger partial charge on any atom is 0.172 e. The van der Waals surface area contributed by atoms with Gasteiger partial charge < -0.3 is 15.2 Å². The van der Waals surface area contributed by atoms with Gasteiger partial charge in [-0.1, -0.05) is 0 Å². The van der Waals surface area contributed by atoms with Crippen molar-refractivity contribution in [2.24, 2.45) is 0 Å². The van der Waals surface area contributed by atoms with Crippen LogP contribution in [-0.4, -0.2) is 12.2 Å². The number of phenols is 1. The van der Waals surface area contributed by atoms with Crippen LogP contribution < -0.4 is 10.1 Å². The summed E-state index contributed by atoms with van der Waals surface area (Å²) in [6, 6.07) is 6.49. The summed E-state index contributed by atoms with van der Waals surface area (Å²) in [5, 5.41) is 12.5. The van der Waals surface area contributed by atoms with Gasteiger partial charge in [-0.15, -0.1) is 0 Å². The average molecular weight is 344 g/mol. The minimum Gasteiger partial charge on any atom is -0.503 e. The highest BCUT2D eigenvalue weighted by Crippen LogP contribution is 2.35. The highest BCUT2D eigenvalue weighted by molar-refractivity contribution is 9.10. The Hall–Kier alpha value is -1.82. The normalized spacial score (nSPS) is 10.4. The molecule has 3 nitrogen and oxygen atoms in total. The molecule has 0 fully saturated rings. The number of hydrogen-bond acceptors (Lipinski definition) is 3. The molecule has 2 rings (SSSR count). The molecule has 0 aromatic heterocycles. The predicted molar refractivity (Wildman–Crippen MR) is 76.0 cm³/mol. The number of nitrogens with one attached hydrogen (secondary N) is 1. The molecular formula is C14H12BrF2NO2. The maximum atomic E-state index is 13.5. The molecule has 106 valence electrons. The van der Waals surface area contributed by atoms with Gasteiger partial charge in [-0.2, -0.15) is 0 Å². The lowest BCUT2D eigenvalue weighted by Crippen LogP contribution is -2.02. The van der Waals surface area contributed by atoms with Crippen molar-refractivity contribution in [1.82, 2.24) is 0 Å². The molecular weight excluding hydrogens is 332 g/mol. The van der Waals surface area contributed by atoms with Crippen LogP contribution in [0.3, 0.4) is 0 Å². The quantitative estimate of drug-likeness (QED) is 0.879. The fourth-order valence-electron chi connectivity index (χ4n) is 1.72. The largest absolute Gasteiger partial charge is 0.503 e. The molecule has 0 spiro atoms. The molecule has 0 aliphatic carbocycles. The minimum atomic E-state index is -0.531. The Kier molecular flexibility index (Phi) is 4.44. The molecule has 2 N–H and O–H groups in total. The van der Waals surface area contributed by atoms with Crippen molar-refractivity contribution in [2.45, 2.75) is 6.54 Å². The maximum absolute atomic E-state index is 13.5. The molecule has 0 aliphatic rings. The van der Waals surface area contributed by atoms with Crippen LogP contribution in [0.4, 0.5) is 14.5 Å². The lowest BCUT2D eigenvalue weighted by molar-refractivity contribution is 0.371. The van der Waals surface area contributed by atoms with Crippen molar-refractivity contribution in [3.8, 4) is 11.5 Å². The first-order chi connectivity index (χ1) is 9.51. The van der Waals surface area contributed by atoms with Crippen LogP contribution in [-0.2, 0) is 6.54 Å². The van der Waals surface area contributed by atoms with E-state index in [0.717, 1.165) is 23.8 Å². The highest BCUT2D eigenvalue weighted by Gasteiger charge is 2.09. The third-order valence-corrected chi connectivity index (χ3v) is 3.32. The third-order valence-electron chi connectivity index (χ3n) is 2.72. The monoisotopic (exact) mass is 343 g/mol. The fourth-order valence-corrected chi connectivity index (χ4v) is 2.20. The van der Waals surface area contributed by atoms with Gasteiger partial charge in [0.25, 0.3) is 0 Å². The molecule has 0 saturated carbocycles.